The van der Waals surface area contributed by atoms with E-state index in [-0.39, 0.29) is 16.2 Å². The molecule has 0 aliphatic carbocycles. The Balaban J connectivity index is 3.28. The second-order valence-corrected chi connectivity index (χ2v) is 7.12. The summed E-state index contributed by atoms with van der Waals surface area (Å²) in [4.78, 5) is 11.7. The van der Waals surface area contributed by atoms with E-state index in [2.05, 4.69) is 9.46 Å². The molecule has 6 nitrogen and oxygen atoms in total. The minimum absolute atomic E-state index is 0.0357. The molecule has 0 amide bonds. The lowest BCUT2D eigenvalue weighted by Crippen LogP contribution is -2.40. The Hall–Kier alpha value is -1.60. The van der Waals surface area contributed by atoms with Gasteiger partial charge in [0.25, 0.3) is 0 Å². The summed E-state index contributed by atoms with van der Waals surface area (Å²) in [7, 11) is -2.44. The minimum Gasteiger partial charge on any atom is -0.493 e. The highest BCUT2D eigenvalue weighted by atomic mass is 32.2. The average Bonchev–Trinajstić information content (AvgIpc) is 2.35. The third kappa shape index (κ3) is 4.71. The Morgan fingerprint density at radius 3 is 2.38 bits per heavy atom. The molecule has 7 heteroatoms. The number of rotatable bonds is 5. The smallest absolute Gasteiger partial charge is 0.341 e. The van der Waals surface area contributed by atoms with Crippen molar-refractivity contribution in [2.75, 3.05) is 13.7 Å². The summed E-state index contributed by atoms with van der Waals surface area (Å²) in [6, 6.07) is 4.06. The van der Waals surface area contributed by atoms with Gasteiger partial charge in [0, 0.05) is 11.6 Å². The van der Waals surface area contributed by atoms with Crippen molar-refractivity contribution in [3.63, 3.8) is 0 Å². The zero-order valence-electron chi connectivity index (χ0n) is 12.9. The van der Waals surface area contributed by atoms with E-state index in [9.17, 15) is 13.2 Å². The number of carbonyl (C=O) groups is 1. The highest BCUT2D eigenvalue weighted by Crippen LogP contribution is 2.24. The molecule has 0 bridgehead atoms. The fourth-order valence-corrected chi connectivity index (χ4v) is 3.12. The van der Waals surface area contributed by atoms with Crippen LogP contribution in [0.25, 0.3) is 0 Å². The number of methoxy groups -OCH3 is 1. The summed E-state index contributed by atoms with van der Waals surface area (Å²) >= 11 is 0. The number of hydrogen-bond acceptors (Lipinski definition) is 5. The van der Waals surface area contributed by atoms with Crippen LogP contribution < -0.4 is 9.46 Å². The summed E-state index contributed by atoms with van der Waals surface area (Å²) < 4.78 is 37.1. The zero-order chi connectivity index (χ0) is 16.3. The molecule has 1 aromatic rings. The van der Waals surface area contributed by atoms with Gasteiger partial charge in [0.1, 0.15) is 11.3 Å². The van der Waals surface area contributed by atoms with E-state index in [1.807, 2.05) is 0 Å². The van der Waals surface area contributed by atoms with Gasteiger partial charge in [-0.05, 0) is 39.8 Å². The van der Waals surface area contributed by atoms with Gasteiger partial charge in [-0.25, -0.2) is 17.9 Å². The standard InChI is InChI=1S/C14H21NO5S/c1-6-20-12-9-10(7-8-11(12)13(16)19-5)21(17,18)15-14(2,3)4/h7-9,15H,6H2,1-5H3. The molecule has 0 aromatic heterocycles. The Bertz CT molecular complexity index is 617. The summed E-state index contributed by atoms with van der Waals surface area (Å²) in [5.41, 5.74) is -0.417. The molecule has 118 valence electrons. The van der Waals surface area contributed by atoms with E-state index in [1.165, 1.54) is 25.3 Å². The Kier molecular flexibility index (Phi) is 5.36. The SMILES string of the molecule is CCOc1cc(S(=O)(=O)NC(C)(C)C)ccc1C(=O)OC. The quantitative estimate of drug-likeness (QED) is 0.840. The van der Waals surface area contributed by atoms with Crippen LogP contribution in [0.15, 0.2) is 23.1 Å². The molecule has 0 heterocycles. The van der Waals surface area contributed by atoms with Crippen LogP contribution in [0, 0.1) is 0 Å². The topological polar surface area (TPSA) is 81.7 Å². The predicted octanol–water partition coefficient (Wildman–Crippen LogP) is 1.95. The van der Waals surface area contributed by atoms with Crippen LogP contribution in [0.3, 0.4) is 0 Å². The summed E-state index contributed by atoms with van der Waals surface area (Å²) in [5.74, 6) is -0.396. The molecule has 0 atom stereocenters. The molecule has 0 saturated carbocycles. The maximum atomic E-state index is 12.3. The number of nitrogens with one attached hydrogen (secondary N) is 1. The maximum Gasteiger partial charge on any atom is 0.341 e. The summed E-state index contributed by atoms with van der Waals surface area (Å²) in [5, 5.41) is 0. The molecule has 0 aliphatic heterocycles. The van der Waals surface area contributed by atoms with E-state index in [1.54, 1.807) is 27.7 Å². The van der Waals surface area contributed by atoms with Crippen molar-refractivity contribution in [1.29, 1.82) is 0 Å². The fraction of sp³-hybridized carbons (Fsp3) is 0.500. The highest BCUT2D eigenvalue weighted by molar-refractivity contribution is 7.89. The van der Waals surface area contributed by atoms with Gasteiger partial charge < -0.3 is 9.47 Å². The third-order valence-electron chi connectivity index (χ3n) is 2.41. The van der Waals surface area contributed by atoms with Gasteiger partial charge in [0.05, 0.1) is 18.6 Å². The fourth-order valence-electron chi connectivity index (χ4n) is 1.69. The van der Waals surface area contributed by atoms with Crippen LogP contribution in [0.5, 0.6) is 5.75 Å². The molecule has 0 aliphatic rings. The number of ether oxygens (including phenoxy) is 2. The molecule has 0 fully saturated rings. The lowest BCUT2D eigenvalue weighted by Gasteiger charge is -2.20. The summed E-state index contributed by atoms with van der Waals surface area (Å²) in [6.07, 6.45) is 0. The first kappa shape index (κ1) is 17.5. The van der Waals surface area contributed by atoms with Crippen LogP contribution in [-0.4, -0.2) is 33.6 Å². The van der Waals surface area contributed by atoms with Crippen molar-refractivity contribution in [2.24, 2.45) is 0 Å². The van der Waals surface area contributed by atoms with Gasteiger partial charge in [-0.1, -0.05) is 0 Å². The van der Waals surface area contributed by atoms with E-state index in [0.717, 1.165) is 0 Å². The monoisotopic (exact) mass is 315 g/mol. The van der Waals surface area contributed by atoms with Crippen LogP contribution in [0.4, 0.5) is 0 Å². The molecular weight excluding hydrogens is 294 g/mol. The Morgan fingerprint density at radius 1 is 1.29 bits per heavy atom. The van der Waals surface area contributed by atoms with Crippen LogP contribution >= 0.6 is 0 Å². The second-order valence-electron chi connectivity index (χ2n) is 5.44. The van der Waals surface area contributed by atoms with Crippen LogP contribution in [0.2, 0.25) is 0 Å². The van der Waals surface area contributed by atoms with Crippen molar-refractivity contribution in [1.82, 2.24) is 4.72 Å². The number of hydrogen-bond donors (Lipinski definition) is 1. The molecule has 1 N–H and O–H groups in total. The zero-order valence-corrected chi connectivity index (χ0v) is 13.7. The van der Waals surface area contributed by atoms with E-state index in [0.29, 0.717) is 6.61 Å². The van der Waals surface area contributed by atoms with E-state index >= 15 is 0 Å². The second kappa shape index (κ2) is 6.44. The van der Waals surface area contributed by atoms with Crippen LogP contribution in [0.1, 0.15) is 38.1 Å². The molecule has 21 heavy (non-hydrogen) atoms. The summed E-state index contributed by atoms with van der Waals surface area (Å²) in [6.45, 7) is 7.29. The molecule has 0 radical (unpaired) electrons. The van der Waals surface area contributed by atoms with Crippen molar-refractivity contribution < 1.29 is 22.7 Å². The molecule has 0 unspecified atom stereocenters. The number of benzene rings is 1. The van der Waals surface area contributed by atoms with E-state index < -0.39 is 21.5 Å². The maximum absolute atomic E-state index is 12.3. The molecule has 1 aromatic carbocycles. The average molecular weight is 315 g/mol. The molecule has 0 saturated heterocycles. The van der Waals surface area contributed by atoms with Gasteiger partial charge in [-0.2, -0.15) is 0 Å². The first-order valence-electron chi connectivity index (χ1n) is 6.50. The first-order valence-corrected chi connectivity index (χ1v) is 7.98. The number of carbonyl (C=O) groups excluding carboxylic acids is 1. The molecule has 1 rings (SSSR count). The lowest BCUT2D eigenvalue weighted by molar-refractivity contribution is 0.0596. The third-order valence-corrected chi connectivity index (χ3v) is 4.16. The first-order chi connectivity index (χ1) is 9.60. The lowest BCUT2D eigenvalue weighted by atomic mass is 10.1. The Morgan fingerprint density at radius 2 is 1.90 bits per heavy atom. The van der Waals surface area contributed by atoms with Gasteiger partial charge in [-0.15, -0.1) is 0 Å². The van der Waals surface area contributed by atoms with Gasteiger partial charge >= 0.3 is 5.97 Å². The van der Waals surface area contributed by atoms with Gasteiger partial charge in [0.2, 0.25) is 10.0 Å². The van der Waals surface area contributed by atoms with Crippen molar-refractivity contribution in [3.8, 4) is 5.75 Å². The van der Waals surface area contributed by atoms with Gasteiger partial charge in [-0.3, -0.25) is 0 Å². The normalized spacial score (nSPS) is 12.0. The van der Waals surface area contributed by atoms with E-state index in [4.69, 9.17) is 4.74 Å². The molecule has 0 spiro atoms. The number of sulfonamides is 1. The van der Waals surface area contributed by atoms with Crippen LogP contribution in [-0.2, 0) is 14.8 Å². The minimum atomic E-state index is -3.69. The predicted molar refractivity (Wildman–Crippen MR) is 79.0 cm³/mol. The van der Waals surface area contributed by atoms with Crippen molar-refractivity contribution >= 4 is 16.0 Å². The van der Waals surface area contributed by atoms with Gasteiger partial charge in [0.15, 0.2) is 0 Å². The largest absolute Gasteiger partial charge is 0.493 e. The number of esters is 1. The molecular formula is C14H21NO5S. The highest BCUT2D eigenvalue weighted by Gasteiger charge is 2.24. The van der Waals surface area contributed by atoms with Crippen molar-refractivity contribution in [2.45, 2.75) is 38.1 Å². The Labute approximate surface area is 125 Å². The van der Waals surface area contributed by atoms with Crippen molar-refractivity contribution in [3.05, 3.63) is 23.8 Å².